The number of thiophene rings is 1. The van der Waals surface area contributed by atoms with Gasteiger partial charge in [0.1, 0.15) is 5.88 Å². The molecule has 19 heavy (non-hydrogen) atoms. The number of carbonyl (C=O) groups is 1. The lowest BCUT2D eigenvalue weighted by molar-refractivity contribution is -0.129. The average Bonchev–Trinajstić information content (AvgIpc) is 3.07. The van der Waals surface area contributed by atoms with Crippen LogP contribution < -0.4 is 0 Å². The summed E-state index contributed by atoms with van der Waals surface area (Å²) in [5.41, 5.74) is 0. The normalized spacial score (nSPS) is 10.6. The van der Waals surface area contributed by atoms with Gasteiger partial charge in [0.15, 0.2) is 0 Å². The monoisotopic (exact) mass is 299 g/mol. The number of nitrogens with zero attached hydrogens (tertiary/aromatic N) is 3. The quantitative estimate of drug-likeness (QED) is 0.770. The Kier molecular flexibility index (Phi) is 4.93. The van der Waals surface area contributed by atoms with Crippen LogP contribution in [0.25, 0.3) is 10.8 Å². The minimum absolute atomic E-state index is 0.0358. The van der Waals surface area contributed by atoms with Crippen LogP contribution in [0, 0.1) is 0 Å². The van der Waals surface area contributed by atoms with Crippen molar-refractivity contribution in [1.82, 2.24) is 15.1 Å². The van der Waals surface area contributed by atoms with Crippen LogP contribution in [0.2, 0.25) is 0 Å². The van der Waals surface area contributed by atoms with Gasteiger partial charge in [0.25, 0.3) is 5.89 Å². The number of alkyl halides is 1. The molecule has 7 heteroatoms. The molecule has 0 bridgehead atoms. The number of amides is 1. The van der Waals surface area contributed by atoms with E-state index in [1.54, 1.807) is 4.90 Å². The summed E-state index contributed by atoms with van der Waals surface area (Å²) in [6, 6.07) is 3.83. The molecule has 0 unspecified atom stereocenters. The average molecular weight is 300 g/mol. The van der Waals surface area contributed by atoms with E-state index in [0.717, 1.165) is 11.3 Å². The number of halogens is 1. The second-order valence-electron chi connectivity index (χ2n) is 3.93. The molecule has 0 aromatic carbocycles. The first-order chi connectivity index (χ1) is 9.24. The molecule has 0 aliphatic carbocycles. The van der Waals surface area contributed by atoms with E-state index in [1.165, 1.54) is 11.3 Å². The maximum absolute atomic E-state index is 11.6. The van der Waals surface area contributed by atoms with Gasteiger partial charge in [0.05, 0.1) is 11.4 Å². The van der Waals surface area contributed by atoms with Crippen molar-refractivity contribution in [2.45, 2.75) is 19.9 Å². The van der Waals surface area contributed by atoms with E-state index in [-0.39, 0.29) is 11.8 Å². The Morgan fingerprint density at radius 2 is 2.37 bits per heavy atom. The molecule has 0 atom stereocenters. The van der Waals surface area contributed by atoms with Gasteiger partial charge in [-0.05, 0) is 17.9 Å². The van der Waals surface area contributed by atoms with E-state index < -0.39 is 0 Å². The topological polar surface area (TPSA) is 59.2 Å². The lowest BCUT2D eigenvalue weighted by Crippen LogP contribution is -2.32. The summed E-state index contributed by atoms with van der Waals surface area (Å²) in [7, 11) is 0. The van der Waals surface area contributed by atoms with Crippen LogP contribution in [0.3, 0.4) is 0 Å². The standard InChI is InChI=1S/C12H14ClN3O2S/c1-2-5-16(11(17)7-13)8-10-14-15-12(18-10)9-4-3-6-19-9/h3-4,6H,2,5,7-8H2,1H3. The van der Waals surface area contributed by atoms with Crippen molar-refractivity contribution in [1.29, 1.82) is 0 Å². The van der Waals surface area contributed by atoms with Gasteiger partial charge < -0.3 is 9.32 Å². The summed E-state index contributed by atoms with van der Waals surface area (Å²) in [6.07, 6.45) is 0.856. The van der Waals surface area contributed by atoms with E-state index in [4.69, 9.17) is 16.0 Å². The molecule has 0 N–H and O–H groups in total. The van der Waals surface area contributed by atoms with Crippen molar-refractivity contribution in [3.63, 3.8) is 0 Å². The predicted octanol–water partition coefficient (Wildman–Crippen LogP) is 2.78. The summed E-state index contributed by atoms with van der Waals surface area (Å²) < 4.78 is 5.55. The largest absolute Gasteiger partial charge is 0.418 e. The van der Waals surface area contributed by atoms with Crippen molar-refractivity contribution in [3.05, 3.63) is 23.4 Å². The molecule has 2 aromatic heterocycles. The first-order valence-electron chi connectivity index (χ1n) is 5.94. The molecule has 2 heterocycles. The fraction of sp³-hybridized carbons (Fsp3) is 0.417. The zero-order valence-corrected chi connectivity index (χ0v) is 12.1. The van der Waals surface area contributed by atoms with E-state index in [2.05, 4.69) is 10.2 Å². The van der Waals surface area contributed by atoms with Gasteiger partial charge in [0.2, 0.25) is 11.8 Å². The molecule has 0 radical (unpaired) electrons. The van der Waals surface area contributed by atoms with Crippen molar-refractivity contribution < 1.29 is 9.21 Å². The SMILES string of the molecule is CCCN(Cc1nnc(-c2cccs2)o1)C(=O)CCl. The van der Waals surface area contributed by atoms with Crippen molar-refractivity contribution in [2.75, 3.05) is 12.4 Å². The summed E-state index contributed by atoms with van der Waals surface area (Å²) in [6.45, 7) is 2.93. The molecule has 0 aliphatic rings. The minimum atomic E-state index is -0.126. The van der Waals surface area contributed by atoms with Crippen LogP contribution in [-0.4, -0.2) is 33.4 Å². The highest BCUT2D eigenvalue weighted by molar-refractivity contribution is 7.13. The Labute approximate surface area is 120 Å². The molecule has 0 saturated heterocycles. The third-order valence-corrected chi connectivity index (χ3v) is 3.57. The molecule has 102 valence electrons. The zero-order valence-electron chi connectivity index (χ0n) is 10.5. The molecule has 1 amide bonds. The Balaban J connectivity index is 2.07. The summed E-state index contributed by atoms with van der Waals surface area (Å²) in [4.78, 5) is 14.2. The molecule has 0 fully saturated rings. The second-order valence-corrected chi connectivity index (χ2v) is 5.14. The van der Waals surface area contributed by atoms with Gasteiger partial charge in [-0.3, -0.25) is 4.79 Å². The van der Waals surface area contributed by atoms with E-state index in [0.29, 0.717) is 24.9 Å². The highest BCUT2D eigenvalue weighted by atomic mass is 35.5. The van der Waals surface area contributed by atoms with E-state index >= 15 is 0 Å². The Bertz CT molecular complexity index is 527. The second kappa shape index (κ2) is 6.68. The van der Waals surface area contributed by atoms with Gasteiger partial charge in [-0.2, -0.15) is 0 Å². The third-order valence-electron chi connectivity index (χ3n) is 2.49. The number of hydrogen-bond acceptors (Lipinski definition) is 5. The van der Waals surface area contributed by atoms with E-state index in [1.807, 2.05) is 24.4 Å². The number of rotatable bonds is 6. The molecule has 2 rings (SSSR count). The van der Waals surface area contributed by atoms with Gasteiger partial charge in [-0.1, -0.05) is 13.0 Å². The van der Waals surface area contributed by atoms with Gasteiger partial charge in [-0.25, -0.2) is 0 Å². The predicted molar refractivity (Wildman–Crippen MR) is 74.0 cm³/mol. The molecule has 5 nitrogen and oxygen atoms in total. The highest BCUT2D eigenvalue weighted by Gasteiger charge is 2.16. The molecule has 0 aliphatic heterocycles. The Hall–Kier alpha value is -1.40. The third kappa shape index (κ3) is 3.54. The number of aromatic nitrogens is 2. The van der Waals surface area contributed by atoms with Gasteiger partial charge in [0, 0.05) is 6.54 Å². The maximum Gasteiger partial charge on any atom is 0.257 e. The fourth-order valence-corrected chi connectivity index (χ4v) is 2.44. The minimum Gasteiger partial charge on any atom is -0.418 e. The summed E-state index contributed by atoms with van der Waals surface area (Å²) >= 11 is 7.11. The van der Waals surface area contributed by atoms with Crippen LogP contribution in [-0.2, 0) is 11.3 Å². The van der Waals surface area contributed by atoms with Crippen LogP contribution in [0.15, 0.2) is 21.9 Å². The van der Waals surface area contributed by atoms with Crippen LogP contribution in [0.1, 0.15) is 19.2 Å². The lowest BCUT2D eigenvalue weighted by Gasteiger charge is -2.18. The van der Waals surface area contributed by atoms with Crippen molar-refractivity contribution in [3.8, 4) is 10.8 Å². The van der Waals surface area contributed by atoms with Crippen LogP contribution in [0.4, 0.5) is 0 Å². The maximum atomic E-state index is 11.6. The smallest absolute Gasteiger partial charge is 0.257 e. The molecule has 0 saturated carbocycles. The highest BCUT2D eigenvalue weighted by Crippen LogP contribution is 2.23. The molecular formula is C12H14ClN3O2S. The number of carbonyl (C=O) groups excluding carboxylic acids is 1. The van der Waals surface area contributed by atoms with Crippen molar-refractivity contribution in [2.24, 2.45) is 0 Å². The zero-order chi connectivity index (χ0) is 13.7. The molecular weight excluding hydrogens is 286 g/mol. The summed E-state index contributed by atoms with van der Waals surface area (Å²) in [5, 5.41) is 9.89. The first kappa shape index (κ1) is 14.0. The van der Waals surface area contributed by atoms with Crippen LogP contribution in [0.5, 0.6) is 0 Å². The number of hydrogen-bond donors (Lipinski definition) is 0. The van der Waals surface area contributed by atoms with Gasteiger partial charge in [-0.15, -0.1) is 33.1 Å². The van der Waals surface area contributed by atoms with Crippen LogP contribution >= 0.6 is 22.9 Å². The Morgan fingerprint density at radius 1 is 1.53 bits per heavy atom. The van der Waals surface area contributed by atoms with Crippen molar-refractivity contribution >= 4 is 28.8 Å². The lowest BCUT2D eigenvalue weighted by atomic mass is 10.4. The molecule has 2 aromatic rings. The first-order valence-corrected chi connectivity index (χ1v) is 7.36. The Morgan fingerprint density at radius 3 is 3.00 bits per heavy atom. The van der Waals surface area contributed by atoms with Gasteiger partial charge >= 0.3 is 0 Å². The molecule has 0 spiro atoms. The fourth-order valence-electron chi connectivity index (χ4n) is 1.63. The summed E-state index contributed by atoms with van der Waals surface area (Å²) in [5.74, 6) is 0.751. The van der Waals surface area contributed by atoms with E-state index in [9.17, 15) is 4.79 Å².